The van der Waals surface area contributed by atoms with Crippen LogP contribution in [0.15, 0.2) is 12.2 Å². The molecule has 0 heterocycles. The largest absolute Gasteiger partial charge is 0.462 e. The Balaban J connectivity index is 3.98. The molecular formula is C65H124O6. The van der Waals surface area contributed by atoms with Crippen molar-refractivity contribution >= 4 is 17.9 Å². The fraction of sp³-hybridized carbons (Fsp3) is 0.923. The second-order valence-electron chi connectivity index (χ2n) is 22.0. The van der Waals surface area contributed by atoms with Crippen molar-refractivity contribution in [3.8, 4) is 0 Å². The number of rotatable bonds is 60. The molecule has 1 unspecified atom stereocenters. The summed E-state index contributed by atoms with van der Waals surface area (Å²) in [4.78, 5) is 38.1. The molecule has 0 saturated carbocycles. The van der Waals surface area contributed by atoms with Crippen LogP contribution in [0.4, 0.5) is 0 Å². The van der Waals surface area contributed by atoms with Gasteiger partial charge in [0.15, 0.2) is 6.10 Å². The van der Waals surface area contributed by atoms with E-state index in [0.717, 1.165) is 64.2 Å². The molecule has 0 aromatic heterocycles. The minimum absolute atomic E-state index is 0.0678. The minimum atomic E-state index is -0.768. The van der Waals surface area contributed by atoms with Crippen molar-refractivity contribution in [2.24, 2.45) is 0 Å². The van der Waals surface area contributed by atoms with E-state index >= 15 is 0 Å². The summed E-state index contributed by atoms with van der Waals surface area (Å²) < 4.78 is 16.8. The summed E-state index contributed by atoms with van der Waals surface area (Å²) in [6.45, 7) is 6.65. The summed E-state index contributed by atoms with van der Waals surface area (Å²) in [5.41, 5.74) is 0. The molecule has 0 bridgehead atoms. The van der Waals surface area contributed by atoms with Crippen LogP contribution >= 0.6 is 0 Å². The van der Waals surface area contributed by atoms with Gasteiger partial charge in [0, 0.05) is 19.3 Å². The predicted molar refractivity (Wildman–Crippen MR) is 307 cm³/mol. The maximum absolute atomic E-state index is 12.8. The van der Waals surface area contributed by atoms with E-state index in [1.54, 1.807) is 0 Å². The van der Waals surface area contributed by atoms with Crippen LogP contribution in [0, 0.1) is 0 Å². The first-order valence-electron chi connectivity index (χ1n) is 32.2. The van der Waals surface area contributed by atoms with E-state index in [2.05, 4.69) is 32.9 Å². The number of ether oxygens (including phenoxy) is 3. The van der Waals surface area contributed by atoms with E-state index in [0.29, 0.717) is 19.3 Å². The number of carbonyl (C=O) groups is 3. The summed E-state index contributed by atoms with van der Waals surface area (Å²) in [6, 6.07) is 0. The van der Waals surface area contributed by atoms with Crippen LogP contribution in [0.1, 0.15) is 367 Å². The van der Waals surface area contributed by atoms with Gasteiger partial charge in [-0.1, -0.05) is 322 Å². The van der Waals surface area contributed by atoms with Crippen LogP contribution in [0.5, 0.6) is 0 Å². The minimum Gasteiger partial charge on any atom is -0.462 e. The van der Waals surface area contributed by atoms with Crippen molar-refractivity contribution in [1.29, 1.82) is 0 Å². The number of hydrogen-bond acceptors (Lipinski definition) is 6. The van der Waals surface area contributed by atoms with Crippen LogP contribution in [-0.2, 0) is 28.6 Å². The van der Waals surface area contributed by atoms with E-state index in [9.17, 15) is 14.4 Å². The lowest BCUT2D eigenvalue weighted by atomic mass is 10.0. The molecule has 6 heteroatoms. The predicted octanol–water partition coefficient (Wildman–Crippen LogP) is 21.7. The molecule has 0 aromatic carbocycles. The Bertz CT molecular complexity index is 1100. The second-order valence-corrected chi connectivity index (χ2v) is 22.0. The normalized spacial score (nSPS) is 12.0. The Kier molecular flexibility index (Phi) is 59.1. The zero-order valence-corrected chi connectivity index (χ0v) is 48.3. The van der Waals surface area contributed by atoms with Gasteiger partial charge in [0.2, 0.25) is 0 Å². The summed E-state index contributed by atoms with van der Waals surface area (Å²) in [7, 11) is 0. The molecule has 0 radical (unpaired) electrons. The van der Waals surface area contributed by atoms with Crippen LogP contribution in [0.25, 0.3) is 0 Å². The van der Waals surface area contributed by atoms with Gasteiger partial charge in [-0.05, 0) is 38.5 Å². The van der Waals surface area contributed by atoms with E-state index in [1.165, 1.54) is 263 Å². The molecule has 0 aromatic rings. The third-order valence-corrected chi connectivity index (χ3v) is 14.8. The lowest BCUT2D eigenvalue weighted by Gasteiger charge is -2.18. The average molecular weight is 1000 g/mol. The van der Waals surface area contributed by atoms with Crippen molar-refractivity contribution in [3.05, 3.63) is 12.2 Å². The van der Waals surface area contributed by atoms with Crippen LogP contribution < -0.4 is 0 Å². The Morgan fingerprint density at radius 1 is 0.268 bits per heavy atom. The lowest BCUT2D eigenvalue weighted by molar-refractivity contribution is -0.167. The van der Waals surface area contributed by atoms with Crippen molar-refractivity contribution in [2.75, 3.05) is 13.2 Å². The lowest BCUT2D eigenvalue weighted by Crippen LogP contribution is -2.30. The number of esters is 3. The fourth-order valence-corrected chi connectivity index (χ4v) is 9.90. The number of unbranched alkanes of at least 4 members (excludes halogenated alkanes) is 47. The standard InChI is InChI=1S/C65H124O6/c1-4-7-10-13-16-19-22-23-24-25-26-27-28-29-30-31-32-33-34-35-36-37-38-39-40-41-44-46-49-52-55-58-64(67)70-61-62(71-65(68)59-56-53-50-47-43-21-18-15-12-9-6-3)60-69-63(66)57-54-51-48-45-42-20-17-14-11-8-5-2/h15,18,62H,4-14,16-17,19-61H2,1-3H3/b18-15-. The molecule has 6 nitrogen and oxygen atoms in total. The van der Waals surface area contributed by atoms with Gasteiger partial charge in [0.25, 0.3) is 0 Å². The molecule has 0 aliphatic carbocycles. The molecule has 0 spiro atoms. The zero-order valence-electron chi connectivity index (χ0n) is 48.3. The maximum atomic E-state index is 12.8. The summed E-state index contributed by atoms with van der Waals surface area (Å²) >= 11 is 0. The maximum Gasteiger partial charge on any atom is 0.306 e. The molecule has 0 rings (SSSR count). The fourth-order valence-electron chi connectivity index (χ4n) is 9.90. The SMILES string of the molecule is CCCC/C=C\CCCCCCCC(=O)OC(COC(=O)CCCCCCCCCCCCC)COC(=O)CCCCCCCCCCCCCCCCCCCCCCCCCCCCCCCCC. The Morgan fingerprint density at radius 2 is 0.479 bits per heavy atom. The van der Waals surface area contributed by atoms with Crippen LogP contribution in [0.3, 0.4) is 0 Å². The van der Waals surface area contributed by atoms with Crippen molar-refractivity contribution < 1.29 is 28.6 Å². The second kappa shape index (κ2) is 60.7. The molecule has 0 fully saturated rings. The van der Waals surface area contributed by atoms with Gasteiger partial charge < -0.3 is 14.2 Å². The van der Waals surface area contributed by atoms with Gasteiger partial charge in [0.1, 0.15) is 13.2 Å². The Morgan fingerprint density at radius 3 is 0.746 bits per heavy atom. The molecule has 0 amide bonds. The van der Waals surface area contributed by atoms with Crippen LogP contribution in [0.2, 0.25) is 0 Å². The van der Waals surface area contributed by atoms with Gasteiger partial charge in [-0.25, -0.2) is 0 Å². The topological polar surface area (TPSA) is 78.9 Å². The van der Waals surface area contributed by atoms with E-state index in [1.807, 2.05) is 0 Å². The van der Waals surface area contributed by atoms with Crippen molar-refractivity contribution in [3.63, 3.8) is 0 Å². The first-order valence-corrected chi connectivity index (χ1v) is 32.2. The Hall–Kier alpha value is -1.85. The smallest absolute Gasteiger partial charge is 0.306 e. The summed E-state index contributed by atoms with van der Waals surface area (Å²) in [5, 5.41) is 0. The average Bonchev–Trinajstić information content (AvgIpc) is 3.37. The highest BCUT2D eigenvalue weighted by atomic mass is 16.6. The van der Waals surface area contributed by atoms with Crippen molar-refractivity contribution in [2.45, 2.75) is 374 Å². The molecule has 0 saturated heterocycles. The van der Waals surface area contributed by atoms with Crippen LogP contribution in [-0.4, -0.2) is 37.2 Å². The molecule has 420 valence electrons. The van der Waals surface area contributed by atoms with Gasteiger partial charge in [0.05, 0.1) is 0 Å². The molecule has 0 N–H and O–H groups in total. The molecule has 71 heavy (non-hydrogen) atoms. The highest BCUT2D eigenvalue weighted by Crippen LogP contribution is 2.18. The summed E-state index contributed by atoms with van der Waals surface area (Å²) in [6.07, 6.45) is 71.1. The Labute approximate surface area is 443 Å². The van der Waals surface area contributed by atoms with Gasteiger partial charge in [-0.15, -0.1) is 0 Å². The van der Waals surface area contributed by atoms with Crippen molar-refractivity contribution in [1.82, 2.24) is 0 Å². The molecule has 0 aliphatic heterocycles. The highest BCUT2D eigenvalue weighted by Gasteiger charge is 2.19. The summed E-state index contributed by atoms with van der Waals surface area (Å²) in [5.74, 6) is -0.855. The van der Waals surface area contributed by atoms with Gasteiger partial charge in [-0.2, -0.15) is 0 Å². The first-order chi connectivity index (χ1) is 35.0. The quantitative estimate of drug-likeness (QED) is 0.0261. The number of carbonyl (C=O) groups excluding carboxylic acids is 3. The molecule has 0 aliphatic rings. The molecular weight excluding hydrogens is 877 g/mol. The molecule has 1 atom stereocenters. The first kappa shape index (κ1) is 69.2. The zero-order chi connectivity index (χ0) is 51.4. The highest BCUT2D eigenvalue weighted by molar-refractivity contribution is 5.71. The third kappa shape index (κ3) is 58.9. The van der Waals surface area contributed by atoms with Gasteiger partial charge >= 0.3 is 17.9 Å². The monoisotopic (exact) mass is 1000 g/mol. The van der Waals surface area contributed by atoms with E-state index < -0.39 is 6.10 Å². The van der Waals surface area contributed by atoms with E-state index in [4.69, 9.17) is 14.2 Å². The van der Waals surface area contributed by atoms with Gasteiger partial charge in [-0.3, -0.25) is 14.4 Å². The number of hydrogen-bond donors (Lipinski definition) is 0. The number of allylic oxidation sites excluding steroid dienone is 2. The third-order valence-electron chi connectivity index (χ3n) is 14.8. The van der Waals surface area contributed by atoms with E-state index in [-0.39, 0.29) is 31.1 Å².